The van der Waals surface area contributed by atoms with Gasteiger partial charge in [-0.05, 0) is 24.6 Å². The average molecular weight is 254 g/mol. The van der Waals surface area contributed by atoms with E-state index in [1.165, 1.54) is 5.56 Å². The number of nitrogens with one attached hydrogen (secondary N) is 1. The highest BCUT2D eigenvalue weighted by Gasteiger charge is 2.28. The van der Waals surface area contributed by atoms with Crippen LogP contribution in [0.5, 0.6) is 5.88 Å². The van der Waals surface area contributed by atoms with Crippen molar-refractivity contribution < 1.29 is 4.74 Å². The predicted octanol–water partition coefficient (Wildman–Crippen LogP) is 2.81. The van der Waals surface area contributed by atoms with Crippen molar-refractivity contribution in [1.82, 2.24) is 10.3 Å². The molecule has 1 fully saturated rings. The van der Waals surface area contributed by atoms with Crippen molar-refractivity contribution in [1.29, 1.82) is 0 Å². The lowest BCUT2D eigenvalue weighted by atomic mass is 9.95. The van der Waals surface area contributed by atoms with E-state index < -0.39 is 0 Å². The summed E-state index contributed by atoms with van der Waals surface area (Å²) >= 11 is 0. The Morgan fingerprint density at radius 3 is 2.63 bits per heavy atom. The second-order valence-electron chi connectivity index (χ2n) is 4.87. The molecule has 3 heteroatoms. The van der Waals surface area contributed by atoms with Gasteiger partial charge in [0, 0.05) is 24.7 Å². The van der Waals surface area contributed by atoms with E-state index in [2.05, 4.69) is 34.6 Å². The van der Waals surface area contributed by atoms with Crippen molar-refractivity contribution in [2.24, 2.45) is 5.92 Å². The first-order valence-electron chi connectivity index (χ1n) is 6.77. The zero-order valence-electron chi connectivity index (χ0n) is 10.8. The van der Waals surface area contributed by atoms with Gasteiger partial charge in [0.25, 0.3) is 0 Å². The number of ether oxygens (including phenoxy) is 1. The predicted molar refractivity (Wildman–Crippen MR) is 75.0 cm³/mol. The summed E-state index contributed by atoms with van der Waals surface area (Å²) in [5, 5.41) is 3.41. The van der Waals surface area contributed by atoms with Crippen LogP contribution in [0.4, 0.5) is 0 Å². The lowest BCUT2D eigenvalue weighted by molar-refractivity contribution is 0.138. The van der Waals surface area contributed by atoms with E-state index in [4.69, 9.17) is 4.74 Å². The van der Waals surface area contributed by atoms with Crippen molar-refractivity contribution >= 4 is 0 Å². The molecule has 1 N–H and O–H groups in total. The Bertz CT molecular complexity index is 495. The molecule has 0 saturated carbocycles. The first kappa shape index (κ1) is 12.2. The SMILES string of the molecule is c1ccc([C@@H](Oc2ccccn2)[C@@H]2CCNC2)cc1. The van der Waals surface area contributed by atoms with Gasteiger partial charge in [-0.2, -0.15) is 0 Å². The molecule has 1 aliphatic rings. The number of rotatable bonds is 4. The maximum atomic E-state index is 6.13. The van der Waals surface area contributed by atoms with Crippen LogP contribution >= 0.6 is 0 Å². The fraction of sp³-hybridized carbons (Fsp3) is 0.312. The summed E-state index contributed by atoms with van der Waals surface area (Å²) in [5.41, 5.74) is 1.22. The molecule has 0 amide bonds. The number of nitrogens with zero attached hydrogens (tertiary/aromatic N) is 1. The van der Waals surface area contributed by atoms with Gasteiger partial charge in [0.05, 0.1) is 0 Å². The van der Waals surface area contributed by atoms with Crippen molar-refractivity contribution in [3.63, 3.8) is 0 Å². The number of benzene rings is 1. The minimum atomic E-state index is 0.0751. The van der Waals surface area contributed by atoms with E-state index in [0.29, 0.717) is 11.8 Å². The molecule has 2 atom stereocenters. The van der Waals surface area contributed by atoms with E-state index in [-0.39, 0.29) is 6.10 Å². The smallest absolute Gasteiger partial charge is 0.213 e. The molecular weight excluding hydrogens is 236 g/mol. The number of aromatic nitrogens is 1. The molecule has 1 saturated heterocycles. The van der Waals surface area contributed by atoms with Gasteiger partial charge in [0.15, 0.2) is 0 Å². The highest BCUT2D eigenvalue weighted by atomic mass is 16.5. The van der Waals surface area contributed by atoms with Gasteiger partial charge in [-0.3, -0.25) is 0 Å². The highest BCUT2D eigenvalue weighted by molar-refractivity contribution is 5.21. The average Bonchev–Trinajstić information content (AvgIpc) is 3.01. The van der Waals surface area contributed by atoms with Crippen LogP contribution in [0, 0.1) is 5.92 Å². The Labute approximate surface area is 113 Å². The highest BCUT2D eigenvalue weighted by Crippen LogP contribution is 2.30. The van der Waals surface area contributed by atoms with Gasteiger partial charge >= 0.3 is 0 Å². The summed E-state index contributed by atoms with van der Waals surface area (Å²) in [6, 6.07) is 16.2. The van der Waals surface area contributed by atoms with Crippen LogP contribution < -0.4 is 10.1 Å². The number of hydrogen-bond donors (Lipinski definition) is 1. The van der Waals surface area contributed by atoms with Crippen LogP contribution in [0.1, 0.15) is 18.1 Å². The molecule has 0 bridgehead atoms. The number of pyridine rings is 1. The first-order valence-corrected chi connectivity index (χ1v) is 6.77. The Morgan fingerprint density at radius 2 is 1.95 bits per heavy atom. The molecule has 1 aromatic heterocycles. The minimum Gasteiger partial charge on any atom is -0.469 e. The van der Waals surface area contributed by atoms with Crippen LogP contribution in [0.3, 0.4) is 0 Å². The fourth-order valence-electron chi connectivity index (χ4n) is 2.56. The maximum absolute atomic E-state index is 6.13. The normalized spacial score (nSPS) is 20.1. The third kappa shape index (κ3) is 2.93. The summed E-state index contributed by atoms with van der Waals surface area (Å²) < 4.78 is 6.13. The minimum absolute atomic E-state index is 0.0751. The summed E-state index contributed by atoms with van der Waals surface area (Å²) in [7, 11) is 0. The summed E-state index contributed by atoms with van der Waals surface area (Å²) in [4.78, 5) is 4.27. The lowest BCUT2D eigenvalue weighted by Gasteiger charge is -2.24. The topological polar surface area (TPSA) is 34.1 Å². The van der Waals surface area contributed by atoms with Crippen LogP contribution in [-0.2, 0) is 0 Å². The molecule has 0 unspecified atom stereocenters. The molecule has 1 aliphatic heterocycles. The molecule has 2 heterocycles. The van der Waals surface area contributed by atoms with E-state index in [0.717, 1.165) is 19.5 Å². The maximum Gasteiger partial charge on any atom is 0.213 e. The Balaban J connectivity index is 1.84. The summed E-state index contributed by atoms with van der Waals surface area (Å²) in [5.74, 6) is 1.20. The van der Waals surface area contributed by atoms with Gasteiger partial charge in [-0.1, -0.05) is 36.4 Å². The van der Waals surface area contributed by atoms with Crippen molar-refractivity contribution in [3.8, 4) is 5.88 Å². The molecule has 0 radical (unpaired) electrons. The number of hydrogen-bond acceptors (Lipinski definition) is 3. The van der Waals surface area contributed by atoms with Crippen molar-refractivity contribution in [2.45, 2.75) is 12.5 Å². The van der Waals surface area contributed by atoms with Gasteiger partial charge in [0.2, 0.25) is 5.88 Å². The molecule has 1 aromatic carbocycles. The van der Waals surface area contributed by atoms with Gasteiger partial charge < -0.3 is 10.1 Å². The molecule has 98 valence electrons. The standard InChI is InChI=1S/C16H18N2O/c1-2-6-13(7-3-1)16(14-9-11-17-12-14)19-15-8-4-5-10-18-15/h1-8,10,14,16-17H,9,11-12H2/t14-,16-/m1/s1. The second-order valence-corrected chi connectivity index (χ2v) is 4.87. The van der Waals surface area contributed by atoms with E-state index >= 15 is 0 Å². The van der Waals surface area contributed by atoms with Crippen LogP contribution in [0.2, 0.25) is 0 Å². The van der Waals surface area contributed by atoms with Gasteiger partial charge in [-0.25, -0.2) is 4.98 Å². The Kier molecular flexibility index (Phi) is 3.75. The van der Waals surface area contributed by atoms with Gasteiger partial charge in [-0.15, -0.1) is 0 Å². The molecule has 0 aliphatic carbocycles. The monoisotopic (exact) mass is 254 g/mol. The molecule has 3 nitrogen and oxygen atoms in total. The molecule has 3 rings (SSSR count). The van der Waals surface area contributed by atoms with E-state index in [1.54, 1.807) is 6.20 Å². The first-order chi connectivity index (χ1) is 9.43. The quantitative estimate of drug-likeness (QED) is 0.911. The van der Waals surface area contributed by atoms with Crippen LogP contribution in [0.15, 0.2) is 54.7 Å². The third-order valence-corrected chi connectivity index (χ3v) is 3.54. The molecular formula is C16H18N2O. The van der Waals surface area contributed by atoms with E-state index in [1.807, 2.05) is 24.3 Å². The third-order valence-electron chi connectivity index (χ3n) is 3.54. The Hall–Kier alpha value is -1.87. The van der Waals surface area contributed by atoms with Crippen molar-refractivity contribution in [2.75, 3.05) is 13.1 Å². The Morgan fingerprint density at radius 1 is 1.11 bits per heavy atom. The summed E-state index contributed by atoms with van der Waals surface area (Å²) in [6.45, 7) is 2.08. The lowest BCUT2D eigenvalue weighted by Crippen LogP contribution is -2.21. The van der Waals surface area contributed by atoms with E-state index in [9.17, 15) is 0 Å². The molecule has 2 aromatic rings. The van der Waals surface area contributed by atoms with Crippen molar-refractivity contribution in [3.05, 3.63) is 60.3 Å². The molecule has 19 heavy (non-hydrogen) atoms. The largest absolute Gasteiger partial charge is 0.469 e. The zero-order valence-corrected chi connectivity index (χ0v) is 10.8. The molecule has 0 spiro atoms. The van der Waals surface area contributed by atoms with Crippen LogP contribution in [-0.4, -0.2) is 18.1 Å². The van der Waals surface area contributed by atoms with Crippen LogP contribution in [0.25, 0.3) is 0 Å². The van der Waals surface area contributed by atoms with Gasteiger partial charge in [0.1, 0.15) is 6.10 Å². The summed E-state index contributed by atoms with van der Waals surface area (Å²) in [6.07, 6.45) is 2.99. The second kappa shape index (κ2) is 5.85. The zero-order chi connectivity index (χ0) is 12.9. The fourth-order valence-corrected chi connectivity index (χ4v) is 2.56.